The van der Waals surface area contributed by atoms with Gasteiger partial charge in [-0.05, 0) is 11.6 Å². The summed E-state index contributed by atoms with van der Waals surface area (Å²) in [4.78, 5) is 12.2. The Balaban J connectivity index is 1.53. The van der Waals surface area contributed by atoms with Crippen LogP contribution in [0, 0.1) is 0 Å². The normalized spacial score (nSPS) is 36.8. The minimum Gasteiger partial charge on any atom is -0.394 e. The summed E-state index contributed by atoms with van der Waals surface area (Å²) in [6.45, 7) is -2.18. The number of rotatable bonds is 13. The van der Waals surface area contributed by atoms with E-state index in [1.165, 1.54) is 6.08 Å². The zero-order valence-electron chi connectivity index (χ0n) is 22.2. The Kier molecular flexibility index (Phi) is 12.9. The lowest BCUT2D eigenvalue weighted by Crippen LogP contribution is -2.62. The monoisotopic (exact) mass is 606 g/mol. The van der Waals surface area contributed by atoms with Gasteiger partial charge in [0.2, 0.25) is 0 Å². The van der Waals surface area contributed by atoms with Gasteiger partial charge in [0, 0.05) is 0 Å². The molecule has 16 heteroatoms. The number of aliphatic hydroxyl groups excluding tert-OH is 11. The van der Waals surface area contributed by atoms with Gasteiger partial charge in [-0.2, -0.15) is 0 Å². The summed E-state index contributed by atoms with van der Waals surface area (Å²) in [5.41, 5.74) is 0.636. The van der Waals surface area contributed by atoms with E-state index in [9.17, 15) is 61.0 Å². The molecule has 16 nitrogen and oxygen atoms in total. The molecule has 14 atom stereocenters. The van der Waals surface area contributed by atoms with Crippen LogP contribution >= 0.6 is 0 Å². The fraction of sp³-hybridized carbons (Fsp3) is 0.654. The number of carbonyl (C=O) groups is 1. The van der Waals surface area contributed by atoms with Crippen LogP contribution < -0.4 is 0 Å². The lowest BCUT2D eigenvalue weighted by atomic mass is 9.98. The number of hydrogen-bond acceptors (Lipinski definition) is 16. The van der Waals surface area contributed by atoms with Crippen molar-refractivity contribution in [2.24, 2.45) is 0 Å². The van der Waals surface area contributed by atoms with Gasteiger partial charge in [0.15, 0.2) is 18.4 Å². The highest BCUT2D eigenvalue weighted by atomic mass is 16.7. The Morgan fingerprint density at radius 1 is 0.762 bits per heavy atom. The fourth-order valence-corrected chi connectivity index (χ4v) is 4.30. The van der Waals surface area contributed by atoms with Crippen LogP contribution in [-0.4, -0.2) is 168 Å². The first-order chi connectivity index (χ1) is 19.9. The maximum atomic E-state index is 12.2. The van der Waals surface area contributed by atoms with E-state index in [1.807, 2.05) is 0 Å². The van der Waals surface area contributed by atoms with Gasteiger partial charge in [0.1, 0.15) is 73.2 Å². The summed E-state index contributed by atoms with van der Waals surface area (Å²) < 4.78 is 21.1. The molecule has 2 aliphatic rings. The van der Waals surface area contributed by atoms with E-state index >= 15 is 0 Å². The zero-order valence-corrected chi connectivity index (χ0v) is 22.2. The first-order valence-electron chi connectivity index (χ1n) is 13.1. The minimum absolute atomic E-state index is 0.623. The highest BCUT2D eigenvalue weighted by Gasteiger charge is 2.47. The van der Waals surface area contributed by atoms with Crippen molar-refractivity contribution >= 4 is 11.9 Å². The molecular weight excluding hydrogens is 568 g/mol. The van der Waals surface area contributed by atoms with Crippen molar-refractivity contribution in [3.8, 4) is 0 Å². The Hall–Kier alpha value is -1.97. The van der Waals surface area contributed by atoms with Crippen LogP contribution in [0.4, 0.5) is 0 Å². The first kappa shape index (κ1) is 34.5. The van der Waals surface area contributed by atoms with Crippen LogP contribution in [0.5, 0.6) is 0 Å². The van der Waals surface area contributed by atoms with Gasteiger partial charge in [0.05, 0.1) is 19.8 Å². The molecule has 0 spiro atoms. The second-order valence-electron chi connectivity index (χ2n) is 10.0. The number of aliphatic hydroxyl groups is 11. The number of ether oxygens (including phenoxy) is 4. The van der Waals surface area contributed by atoms with E-state index in [1.54, 1.807) is 30.3 Å². The SMILES string of the molecule is O=C(/C=C/c1ccccc1)[C@H](O)[C@@H](O)[C@H](O)[C@H](O)CO[C@H]1O[C@H](CO[C@H]2O[C@H](CO)[C@@H](O)[C@H](O)[C@H]2O)[C@@H](O)[C@H](O)[C@H]1O. The Morgan fingerprint density at radius 2 is 1.31 bits per heavy atom. The number of hydrogen-bond donors (Lipinski definition) is 11. The van der Waals surface area contributed by atoms with Crippen LogP contribution in [-0.2, 0) is 23.7 Å². The molecule has 3 rings (SSSR count). The van der Waals surface area contributed by atoms with E-state index in [0.717, 1.165) is 6.08 Å². The third-order valence-electron chi connectivity index (χ3n) is 6.97. The molecule has 11 N–H and O–H groups in total. The Labute approximate surface area is 239 Å². The Morgan fingerprint density at radius 3 is 1.90 bits per heavy atom. The zero-order chi connectivity index (χ0) is 31.1. The van der Waals surface area contributed by atoms with Gasteiger partial charge in [-0.15, -0.1) is 0 Å². The van der Waals surface area contributed by atoms with Gasteiger partial charge >= 0.3 is 0 Å². The van der Waals surface area contributed by atoms with E-state index < -0.39 is 111 Å². The van der Waals surface area contributed by atoms with Gasteiger partial charge in [-0.25, -0.2) is 0 Å². The van der Waals surface area contributed by atoms with Crippen LogP contribution in [0.1, 0.15) is 5.56 Å². The maximum absolute atomic E-state index is 12.2. The quantitative estimate of drug-likeness (QED) is 0.0934. The molecule has 2 aliphatic heterocycles. The largest absolute Gasteiger partial charge is 0.394 e. The summed E-state index contributed by atoms with van der Waals surface area (Å²) in [7, 11) is 0. The van der Waals surface area contributed by atoms with Gasteiger partial charge < -0.3 is 75.1 Å². The molecule has 0 unspecified atom stereocenters. The molecule has 0 aromatic heterocycles. The summed E-state index contributed by atoms with van der Waals surface area (Å²) in [5, 5.41) is 111. The van der Waals surface area contributed by atoms with Gasteiger partial charge in [-0.1, -0.05) is 36.4 Å². The minimum atomic E-state index is -2.14. The van der Waals surface area contributed by atoms with Crippen molar-refractivity contribution in [2.75, 3.05) is 19.8 Å². The van der Waals surface area contributed by atoms with Gasteiger partial charge in [-0.3, -0.25) is 4.79 Å². The van der Waals surface area contributed by atoms with Crippen molar-refractivity contribution in [1.82, 2.24) is 0 Å². The third kappa shape index (κ3) is 8.35. The molecule has 0 amide bonds. The van der Waals surface area contributed by atoms with Crippen molar-refractivity contribution < 1.29 is 79.9 Å². The molecule has 0 saturated carbocycles. The molecule has 0 aliphatic carbocycles. The summed E-state index contributed by atoms with van der Waals surface area (Å²) >= 11 is 0. The molecule has 2 saturated heterocycles. The molecule has 2 fully saturated rings. The molecule has 1 aromatic rings. The molecule has 238 valence electrons. The molecule has 42 heavy (non-hydrogen) atoms. The van der Waals surface area contributed by atoms with Crippen molar-refractivity contribution in [1.29, 1.82) is 0 Å². The van der Waals surface area contributed by atoms with Crippen molar-refractivity contribution in [2.45, 2.75) is 85.8 Å². The lowest BCUT2D eigenvalue weighted by molar-refractivity contribution is -0.333. The number of carbonyl (C=O) groups excluding carboxylic acids is 1. The standard InChI is InChI=1S/C26H38O16/c27-8-14-18(32)21(35)23(37)26(41-14)40-10-15-19(33)22(36)24(38)25(42-15)39-9-13(29)17(31)20(34)16(30)12(28)7-6-11-4-2-1-3-5-11/h1-7,13-27,29-38H,8-10H2/b7-6+/t13-,14-,15-,16+,17-,18-,19-,20-,21+,22+,23-,24-,25+,26+/m1/s1. The fourth-order valence-electron chi connectivity index (χ4n) is 4.30. The van der Waals surface area contributed by atoms with Crippen LogP contribution in [0.15, 0.2) is 36.4 Å². The summed E-state index contributed by atoms with van der Waals surface area (Å²) in [6.07, 6.45) is -22.6. The smallest absolute Gasteiger partial charge is 0.186 e. The lowest BCUT2D eigenvalue weighted by Gasteiger charge is -2.42. The van der Waals surface area contributed by atoms with Crippen LogP contribution in [0.2, 0.25) is 0 Å². The second kappa shape index (κ2) is 15.7. The van der Waals surface area contributed by atoms with Crippen molar-refractivity contribution in [3.05, 3.63) is 42.0 Å². The molecule has 0 bridgehead atoms. The predicted octanol–water partition coefficient (Wildman–Crippen LogP) is -5.65. The van der Waals surface area contributed by atoms with E-state index in [-0.39, 0.29) is 0 Å². The van der Waals surface area contributed by atoms with E-state index in [4.69, 9.17) is 18.9 Å². The average Bonchev–Trinajstić information content (AvgIpc) is 3.00. The predicted molar refractivity (Wildman–Crippen MR) is 137 cm³/mol. The maximum Gasteiger partial charge on any atom is 0.186 e. The van der Waals surface area contributed by atoms with Crippen molar-refractivity contribution in [3.63, 3.8) is 0 Å². The third-order valence-corrected chi connectivity index (χ3v) is 6.97. The van der Waals surface area contributed by atoms with Crippen LogP contribution in [0.3, 0.4) is 0 Å². The molecule has 2 heterocycles. The molecule has 0 radical (unpaired) electrons. The first-order valence-corrected chi connectivity index (χ1v) is 13.1. The van der Waals surface area contributed by atoms with E-state index in [0.29, 0.717) is 5.56 Å². The number of ketones is 1. The summed E-state index contributed by atoms with van der Waals surface area (Å²) in [5.74, 6) is -0.955. The molecular formula is C26H38O16. The van der Waals surface area contributed by atoms with Gasteiger partial charge in [0.25, 0.3) is 0 Å². The number of benzene rings is 1. The van der Waals surface area contributed by atoms with Crippen LogP contribution in [0.25, 0.3) is 6.08 Å². The Bertz CT molecular complexity index is 994. The molecule has 1 aromatic carbocycles. The van der Waals surface area contributed by atoms with E-state index in [2.05, 4.69) is 0 Å². The average molecular weight is 607 g/mol. The highest BCUT2D eigenvalue weighted by molar-refractivity contribution is 5.97. The highest BCUT2D eigenvalue weighted by Crippen LogP contribution is 2.26. The topological polar surface area (TPSA) is 277 Å². The summed E-state index contributed by atoms with van der Waals surface area (Å²) in [6, 6.07) is 8.57. The second-order valence-corrected chi connectivity index (χ2v) is 10.0.